The number of methoxy groups -OCH3 is 2. The Morgan fingerprint density at radius 1 is 0.969 bits per heavy atom. The van der Waals surface area contributed by atoms with Crippen LogP contribution in [0.2, 0.25) is 5.02 Å². The van der Waals surface area contributed by atoms with Crippen molar-refractivity contribution < 1.29 is 14.4 Å². The predicted octanol–water partition coefficient (Wildman–Crippen LogP) is 4.81. The van der Waals surface area contributed by atoms with Crippen molar-refractivity contribution >= 4 is 17.4 Å². The van der Waals surface area contributed by atoms with Gasteiger partial charge in [-0.3, -0.25) is 0 Å². The highest BCUT2D eigenvalue weighted by Gasteiger charge is 2.23. The van der Waals surface area contributed by atoms with Crippen molar-refractivity contribution in [2.45, 2.75) is 13.6 Å². The standard InChI is InChI=1S/C22H20ClN5O4/c1-14-10-19(28(29)30)24-26(14)13-27-22(16-7-5-9-18(12-16)32-3)20(23)21(25-27)15-6-4-8-17(11-15)31-2/h4-12H,13H2,1-3H3. The summed E-state index contributed by atoms with van der Waals surface area (Å²) in [6.07, 6.45) is 0. The first kappa shape index (κ1) is 21.4. The highest BCUT2D eigenvalue weighted by atomic mass is 35.5. The summed E-state index contributed by atoms with van der Waals surface area (Å²) in [4.78, 5) is 10.6. The van der Waals surface area contributed by atoms with Crippen LogP contribution in [0.15, 0.2) is 54.6 Å². The smallest absolute Gasteiger partial charge is 0.390 e. The number of nitro groups is 1. The minimum Gasteiger partial charge on any atom is -0.497 e. The molecule has 0 atom stereocenters. The first-order valence-electron chi connectivity index (χ1n) is 9.65. The van der Waals surface area contributed by atoms with E-state index in [1.165, 1.54) is 10.7 Å². The maximum Gasteiger partial charge on any atom is 0.390 e. The van der Waals surface area contributed by atoms with E-state index in [-0.39, 0.29) is 12.5 Å². The van der Waals surface area contributed by atoms with Crippen LogP contribution in [0, 0.1) is 17.0 Å². The van der Waals surface area contributed by atoms with Crippen LogP contribution < -0.4 is 9.47 Å². The van der Waals surface area contributed by atoms with E-state index in [4.69, 9.17) is 26.2 Å². The lowest BCUT2D eigenvalue weighted by atomic mass is 10.1. The van der Waals surface area contributed by atoms with Crippen molar-refractivity contribution in [1.82, 2.24) is 19.6 Å². The Balaban J connectivity index is 1.88. The zero-order chi connectivity index (χ0) is 22.8. The first-order chi connectivity index (χ1) is 15.4. The number of hydrogen-bond donors (Lipinski definition) is 0. The molecule has 2 aromatic carbocycles. The predicted molar refractivity (Wildman–Crippen MR) is 120 cm³/mol. The molecule has 0 aliphatic heterocycles. The Kier molecular flexibility index (Phi) is 5.83. The fraction of sp³-hybridized carbons (Fsp3) is 0.182. The van der Waals surface area contributed by atoms with Crippen molar-refractivity contribution in [3.63, 3.8) is 0 Å². The van der Waals surface area contributed by atoms with Crippen LogP contribution in [0.4, 0.5) is 5.82 Å². The van der Waals surface area contributed by atoms with Gasteiger partial charge in [0.15, 0.2) is 6.67 Å². The average Bonchev–Trinajstić information content (AvgIpc) is 3.33. The van der Waals surface area contributed by atoms with Crippen molar-refractivity contribution in [2.24, 2.45) is 0 Å². The minimum atomic E-state index is -0.524. The van der Waals surface area contributed by atoms with Crippen LogP contribution in [-0.4, -0.2) is 38.7 Å². The van der Waals surface area contributed by atoms with Gasteiger partial charge in [0, 0.05) is 11.1 Å². The summed E-state index contributed by atoms with van der Waals surface area (Å²) in [5.41, 5.74) is 3.39. The van der Waals surface area contributed by atoms with Gasteiger partial charge in [-0.2, -0.15) is 9.78 Å². The molecule has 0 saturated heterocycles. The minimum absolute atomic E-state index is 0.135. The fourth-order valence-electron chi connectivity index (χ4n) is 3.40. The van der Waals surface area contributed by atoms with Gasteiger partial charge in [0.05, 0.1) is 41.8 Å². The van der Waals surface area contributed by atoms with Crippen molar-refractivity contribution in [3.05, 3.63) is 75.4 Å². The molecule has 4 aromatic rings. The second-order valence-corrected chi connectivity index (χ2v) is 7.39. The third kappa shape index (κ3) is 4.02. The van der Waals surface area contributed by atoms with E-state index >= 15 is 0 Å². The molecule has 9 nitrogen and oxygen atoms in total. The number of aromatic nitrogens is 4. The SMILES string of the molecule is COc1cccc(-c2nn(Cn3nc([N+](=O)[O-])cc3C)c(-c3cccc(OC)c3)c2Cl)c1. The van der Waals surface area contributed by atoms with Gasteiger partial charge in [-0.1, -0.05) is 35.9 Å². The molecular weight excluding hydrogens is 434 g/mol. The van der Waals surface area contributed by atoms with E-state index in [1.807, 2.05) is 48.5 Å². The van der Waals surface area contributed by atoms with E-state index in [9.17, 15) is 10.1 Å². The summed E-state index contributed by atoms with van der Waals surface area (Å²) < 4.78 is 13.9. The number of nitrogens with zero attached hydrogens (tertiary/aromatic N) is 5. The van der Waals surface area contributed by atoms with E-state index in [0.717, 1.165) is 11.1 Å². The van der Waals surface area contributed by atoms with Crippen LogP contribution in [0.1, 0.15) is 5.69 Å². The molecule has 10 heteroatoms. The Labute approximate surface area is 188 Å². The Morgan fingerprint density at radius 2 is 1.59 bits per heavy atom. The molecule has 4 rings (SSSR count). The summed E-state index contributed by atoms with van der Waals surface area (Å²) in [6, 6.07) is 16.3. The molecule has 0 aliphatic carbocycles. The lowest BCUT2D eigenvalue weighted by molar-refractivity contribution is -0.389. The lowest BCUT2D eigenvalue weighted by Gasteiger charge is -2.09. The van der Waals surface area contributed by atoms with E-state index in [1.54, 1.807) is 25.8 Å². The molecule has 32 heavy (non-hydrogen) atoms. The van der Waals surface area contributed by atoms with Crippen LogP contribution in [0.3, 0.4) is 0 Å². The third-order valence-corrected chi connectivity index (χ3v) is 5.36. The van der Waals surface area contributed by atoms with Crippen LogP contribution >= 0.6 is 11.6 Å². The topological polar surface area (TPSA) is 97.2 Å². The van der Waals surface area contributed by atoms with Gasteiger partial charge >= 0.3 is 5.82 Å². The number of benzene rings is 2. The van der Waals surface area contributed by atoms with Gasteiger partial charge in [0.1, 0.15) is 17.2 Å². The summed E-state index contributed by atoms with van der Waals surface area (Å²) in [7, 11) is 3.18. The first-order valence-corrected chi connectivity index (χ1v) is 10.0. The van der Waals surface area contributed by atoms with Gasteiger partial charge in [-0.25, -0.2) is 4.68 Å². The van der Waals surface area contributed by atoms with E-state index in [0.29, 0.717) is 33.6 Å². The van der Waals surface area contributed by atoms with Crippen LogP contribution in [0.5, 0.6) is 11.5 Å². The summed E-state index contributed by atoms with van der Waals surface area (Å²) in [5, 5.41) is 20.4. The van der Waals surface area contributed by atoms with E-state index < -0.39 is 4.92 Å². The molecule has 0 fully saturated rings. The van der Waals surface area contributed by atoms with Gasteiger partial charge < -0.3 is 19.6 Å². The second-order valence-electron chi connectivity index (χ2n) is 7.02. The number of halogens is 1. The highest BCUT2D eigenvalue weighted by Crippen LogP contribution is 2.38. The van der Waals surface area contributed by atoms with Crippen molar-refractivity contribution in [1.29, 1.82) is 0 Å². The van der Waals surface area contributed by atoms with Gasteiger partial charge in [0.25, 0.3) is 0 Å². The number of aryl methyl sites for hydroxylation is 1. The van der Waals surface area contributed by atoms with Gasteiger partial charge in [0.2, 0.25) is 0 Å². The molecule has 0 aliphatic rings. The fourth-order valence-corrected chi connectivity index (χ4v) is 3.75. The molecular formula is C22H20ClN5O4. The molecule has 0 amide bonds. The highest BCUT2D eigenvalue weighted by molar-refractivity contribution is 6.35. The molecule has 0 saturated carbocycles. The summed E-state index contributed by atoms with van der Waals surface area (Å²) in [6.45, 7) is 1.88. The van der Waals surface area contributed by atoms with Gasteiger partial charge in [-0.15, -0.1) is 0 Å². The summed E-state index contributed by atoms with van der Waals surface area (Å²) >= 11 is 6.85. The van der Waals surface area contributed by atoms with E-state index in [2.05, 4.69) is 5.10 Å². The largest absolute Gasteiger partial charge is 0.497 e. The molecule has 0 N–H and O–H groups in total. The molecule has 164 valence electrons. The maximum atomic E-state index is 11.1. The number of ether oxygens (including phenoxy) is 2. The molecule has 2 heterocycles. The molecule has 0 spiro atoms. The maximum absolute atomic E-state index is 11.1. The normalized spacial score (nSPS) is 10.9. The van der Waals surface area contributed by atoms with Crippen molar-refractivity contribution in [2.75, 3.05) is 14.2 Å². The van der Waals surface area contributed by atoms with Crippen LogP contribution in [-0.2, 0) is 6.67 Å². The quantitative estimate of drug-likeness (QED) is 0.294. The molecule has 0 unspecified atom stereocenters. The zero-order valence-corrected chi connectivity index (χ0v) is 18.4. The van der Waals surface area contributed by atoms with Crippen molar-refractivity contribution in [3.8, 4) is 34.0 Å². The van der Waals surface area contributed by atoms with Crippen LogP contribution in [0.25, 0.3) is 22.5 Å². The molecule has 2 aromatic heterocycles. The molecule has 0 bridgehead atoms. The number of hydrogen-bond acceptors (Lipinski definition) is 6. The third-order valence-electron chi connectivity index (χ3n) is 5.00. The Bertz CT molecular complexity index is 1300. The molecule has 0 radical (unpaired) electrons. The Hall–Kier alpha value is -3.85. The summed E-state index contributed by atoms with van der Waals surface area (Å²) in [5.74, 6) is 1.12. The second kappa shape index (κ2) is 8.72. The van der Waals surface area contributed by atoms with Gasteiger partial charge in [-0.05, 0) is 36.1 Å². The number of rotatable bonds is 7. The zero-order valence-electron chi connectivity index (χ0n) is 17.7. The average molecular weight is 454 g/mol. The lowest BCUT2D eigenvalue weighted by Crippen LogP contribution is -2.13. The Morgan fingerprint density at radius 3 is 2.19 bits per heavy atom. The monoisotopic (exact) mass is 453 g/mol.